The third-order valence-electron chi connectivity index (χ3n) is 2.93. The molecule has 0 bridgehead atoms. The Morgan fingerprint density at radius 3 is 2.57 bits per heavy atom. The number of fused-ring (bicyclic) bond motifs is 1. The van der Waals surface area contributed by atoms with Gasteiger partial charge in [0.1, 0.15) is 29.1 Å². The van der Waals surface area contributed by atoms with Crippen LogP contribution in [-0.4, -0.2) is 26.8 Å². The van der Waals surface area contributed by atoms with Gasteiger partial charge in [-0.3, -0.25) is 4.79 Å². The van der Waals surface area contributed by atoms with Gasteiger partial charge in [0.15, 0.2) is 0 Å². The molecule has 2 rings (SSSR count). The molecule has 1 heterocycles. The van der Waals surface area contributed by atoms with E-state index in [-0.39, 0.29) is 18.8 Å². The first-order valence-electron chi connectivity index (χ1n) is 6.43. The maximum atomic E-state index is 12.1. The summed E-state index contributed by atoms with van der Waals surface area (Å²) in [5, 5.41) is 0.896. The molecule has 2 aromatic rings. The smallest absolute Gasteiger partial charge is 0.347 e. The standard InChI is InChI=1S/C15H16O6/c1-4-20-13(16)8-11-6-9-5-10(18-2)7-12(19-3)14(9)15(17)21-11/h5-7H,4,8H2,1-3H3. The Balaban J connectivity index is 2.54. The van der Waals surface area contributed by atoms with Crippen LogP contribution in [0.3, 0.4) is 0 Å². The van der Waals surface area contributed by atoms with Crippen molar-refractivity contribution >= 4 is 16.7 Å². The fourth-order valence-corrected chi connectivity index (χ4v) is 2.04. The van der Waals surface area contributed by atoms with Crippen molar-refractivity contribution in [3.63, 3.8) is 0 Å². The van der Waals surface area contributed by atoms with Crippen LogP contribution < -0.4 is 15.1 Å². The first-order chi connectivity index (χ1) is 10.1. The molecule has 0 aliphatic rings. The van der Waals surface area contributed by atoms with Gasteiger partial charge in [0, 0.05) is 6.07 Å². The maximum Gasteiger partial charge on any atom is 0.347 e. The van der Waals surface area contributed by atoms with Crippen molar-refractivity contribution in [1.82, 2.24) is 0 Å². The molecular formula is C15H16O6. The topological polar surface area (TPSA) is 75.0 Å². The second-order valence-electron chi connectivity index (χ2n) is 4.28. The van der Waals surface area contributed by atoms with Crippen LogP contribution in [0.2, 0.25) is 0 Å². The Bertz CT molecular complexity index is 716. The number of methoxy groups -OCH3 is 2. The van der Waals surface area contributed by atoms with Crippen molar-refractivity contribution in [2.24, 2.45) is 0 Å². The summed E-state index contributed by atoms with van der Waals surface area (Å²) >= 11 is 0. The highest BCUT2D eigenvalue weighted by molar-refractivity contribution is 5.89. The molecule has 0 N–H and O–H groups in total. The van der Waals surface area contributed by atoms with E-state index < -0.39 is 11.6 Å². The summed E-state index contributed by atoms with van der Waals surface area (Å²) < 4.78 is 20.3. The highest BCUT2D eigenvalue weighted by atomic mass is 16.5. The predicted molar refractivity (Wildman–Crippen MR) is 75.9 cm³/mol. The van der Waals surface area contributed by atoms with Crippen LogP contribution in [0, 0.1) is 0 Å². The second kappa shape index (κ2) is 6.30. The molecule has 0 aliphatic heterocycles. The molecule has 0 aliphatic carbocycles. The molecule has 6 nitrogen and oxygen atoms in total. The Morgan fingerprint density at radius 1 is 1.19 bits per heavy atom. The van der Waals surface area contributed by atoms with Crippen molar-refractivity contribution in [3.05, 3.63) is 34.4 Å². The van der Waals surface area contributed by atoms with E-state index >= 15 is 0 Å². The van der Waals surface area contributed by atoms with Gasteiger partial charge in [0.05, 0.1) is 20.8 Å². The molecule has 112 valence electrons. The van der Waals surface area contributed by atoms with E-state index in [9.17, 15) is 9.59 Å². The Hall–Kier alpha value is -2.50. The first-order valence-corrected chi connectivity index (χ1v) is 6.43. The number of hydrogen-bond acceptors (Lipinski definition) is 6. The van der Waals surface area contributed by atoms with Gasteiger partial charge >= 0.3 is 11.6 Å². The normalized spacial score (nSPS) is 10.4. The van der Waals surface area contributed by atoms with Gasteiger partial charge in [0.25, 0.3) is 0 Å². The molecule has 0 atom stereocenters. The predicted octanol–water partition coefficient (Wildman–Crippen LogP) is 1.92. The minimum atomic E-state index is -0.564. The van der Waals surface area contributed by atoms with E-state index in [1.165, 1.54) is 14.2 Å². The van der Waals surface area contributed by atoms with Crippen molar-refractivity contribution in [1.29, 1.82) is 0 Å². The number of rotatable bonds is 5. The van der Waals surface area contributed by atoms with Crippen LogP contribution in [0.15, 0.2) is 27.4 Å². The lowest BCUT2D eigenvalue weighted by atomic mass is 10.1. The summed E-state index contributed by atoms with van der Waals surface area (Å²) in [5.74, 6) is 0.698. The molecule has 0 fully saturated rings. The summed E-state index contributed by atoms with van der Waals surface area (Å²) in [6, 6.07) is 4.90. The number of carbonyl (C=O) groups is 1. The molecular weight excluding hydrogens is 276 g/mol. The van der Waals surface area contributed by atoms with Gasteiger partial charge in [-0.15, -0.1) is 0 Å². The van der Waals surface area contributed by atoms with Crippen molar-refractivity contribution in [3.8, 4) is 11.5 Å². The van der Waals surface area contributed by atoms with Crippen LogP contribution >= 0.6 is 0 Å². The third-order valence-corrected chi connectivity index (χ3v) is 2.93. The van der Waals surface area contributed by atoms with Gasteiger partial charge in [-0.05, 0) is 24.4 Å². The van der Waals surface area contributed by atoms with Crippen LogP contribution in [0.4, 0.5) is 0 Å². The lowest BCUT2D eigenvalue weighted by Crippen LogP contribution is -2.11. The van der Waals surface area contributed by atoms with Crippen LogP contribution in [-0.2, 0) is 16.0 Å². The lowest BCUT2D eigenvalue weighted by molar-refractivity contribution is -0.142. The lowest BCUT2D eigenvalue weighted by Gasteiger charge is -2.08. The highest BCUT2D eigenvalue weighted by Gasteiger charge is 2.14. The fraction of sp³-hybridized carbons (Fsp3) is 0.333. The molecule has 6 heteroatoms. The molecule has 0 saturated carbocycles. The van der Waals surface area contributed by atoms with Crippen LogP contribution in [0.5, 0.6) is 11.5 Å². The zero-order chi connectivity index (χ0) is 15.4. The molecule has 0 saturated heterocycles. The summed E-state index contributed by atoms with van der Waals surface area (Å²) in [6.45, 7) is 1.99. The Kier molecular flexibility index (Phi) is 4.47. The minimum absolute atomic E-state index is 0.0987. The zero-order valence-electron chi connectivity index (χ0n) is 12.1. The van der Waals surface area contributed by atoms with Gasteiger partial charge in [-0.2, -0.15) is 0 Å². The SMILES string of the molecule is CCOC(=O)Cc1cc2cc(OC)cc(OC)c2c(=O)o1. The van der Waals surface area contributed by atoms with Gasteiger partial charge in [-0.1, -0.05) is 0 Å². The summed E-state index contributed by atoms with van der Waals surface area (Å²) in [6.07, 6.45) is -0.0987. The van der Waals surface area contributed by atoms with E-state index in [0.29, 0.717) is 22.3 Å². The average Bonchev–Trinajstić information content (AvgIpc) is 2.45. The van der Waals surface area contributed by atoms with E-state index in [1.807, 2.05) is 0 Å². The molecule has 0 spiro atoms. The number of benzene rings is 1. The van der Waals surface area contributed by atoms with E-state index in [1.54, 1.807) is 25.1 Å². The van der Waals surface area contributed by atoms with Gasteiger partial charge < -0.3 is 18.6 Å². The molecule has 0 radical (unpaired) electrons. The maximum absolute atomic E-state index is 12.1. The van der Waals surface area contributed by atoms with E-state index in [2.05, 4.69) is 0 Å². The Morgan fingerprint density at radius 2 is 1.95 bits per heavy atom. The molecule has 21 heavy (non-hydrogen) atoms. The van der Waals surface area contributed by atoms with Crippen molar-refractivity contribution < 1.29 is 23.4 Å². The molecule has 1 aromatic heterocycles. The summed E-state index contributed by atoms with van der Waals surface area (Å²) in [4.78, 5) is 23.6. The third kappa shape index (κ3) is 3.16. The number of esters is 1. The van der Waals surface area contributed by atoms with Crippen LogP contribution in [0.25, 0.3) is 10.8 Å². The quantitative estimate of drug-likeness (QED) is 0.784. The molecule has 0 amide bonds. The highest BCUT2D eigenvalue weighted by Crippen LogP contribution is 2.29. The number of ether oxygens (including phenoxy) is 3. The first kappa shape index (κ1) is 14.9. The second-order valence-corrected chi connectivity index (χ2v) is 4.28. The summed E-state index contributed by atoms with van der Waals surface area (Å²) in [5.41, 5.74) is -0.564. The van der Waals surface area contributed by atoms with Gasteiger partial charge in [0.2, 0.25) is 0 Å². The number of hydrogen-bond donors (Lipinski definition) is 0. The summed E-state index contributed by atoms with van der Waals surface area (Å²) in [7, 11) is 2.98. The van der Waals surface area contributed by atoms with Crippen molar-refractivity contribution in [2.75, 3.05) is 20.8 Å². The molecule has 0 unspecified atom stereocenters. The van der Waals surface area contributed by atoms with E-state index in [4.69, 9.17) is 18.6 Å². The largest absolute Gasteiger partial charge is 0.497 e. The zero-order valence-corrected chi connectivity index (χ0v) is 12.1. The minimum Gasteiger partial charge on any atom is -0.497 e. The van der Waals surface area contributed by atoms with Crippen molar-refractivity contribution in [2.45, 2.75) is 13.3 Å². The van der Waals surface area contributed by atoms with Gasteiger partial charge in [-0.25, -0.2) is 4.79 Å². The average molecular weight is 292 g/mol. The van der Waals surface area contributed by atoms with Crippen LogP contribution in [0.1, 0.15) is 12.7 Å². The fourth-order valence-electron chi connectivity index (χ4n) is 2.04. The number of carbonyl (C=O) groups excluding carboxylic acids is 1. The van der Waals surface area contributed by atoms with E-state index in [0.717, 1.165) is 0 Å². The molecule has 1 aromatic carbocycles. The monoisotopic (exact) mass is 292 g/mol. The Labute approximate surface area is 121 Å².